The van der Waals surface area contributed by atoms with Gasteiger partial charge in [0.2, 0.25) is 5.91 Å². The molecular formula is C26H34N4O2S. The first-order chi connectivity index (χ1) is 15.8. The zero-order valence-corrected chi connectivity index (χ0v) is 20.8. The lowest BCUT2D eigenvalue weighted by Crippen LogP contribution is -2.21. The number of carbonyl (C=O) groups is 1. The summed E-state index contributed by atoms with van der Waals surface area (Å²) in [6, 6.07) is 14.2. The summed E-state index contributed by atoms with van der Waals surface area (Å²) < 4.78 is 11.4. The number of anilines is 2. The minimum atomic E-state index is -0.0661. The number of amides is 1. The molecule has 0 radical (unpaired) electrons. The van der Waals surface area contributed by atoms with E-state index in [-0.39, 0.29) is 11.3 Å². The topological polar surface area (TPSA) is 68.2 Å². The maximum atomic E-state index is 11.2. The maximum absolute atomic E-state index is 11.2. The van der Waals surface area contributed by atoms with Gasteiger partial charge in [-0.15, -0.1) is 0 Å². The van der Waals surface area contributed by atoms with Crippen LogP contribution in [0.15, 0.2) is 47.4 Å². The predicted octanol–water partition coefficient (Wildman–Crippen LogP) is 6.23. The minimum absolute atomic E-state index is 0.0211. The third kappa shape index (κ3) is 6.09. The molecule has 0 unspecified atom stereocenters. The van der Waals surface area contributed by atoms with Crippen LogP contribution in [0.5, 0.6) is 0 Å². The van der Waals surface area contributed by atoms with Gasteiger partial charge in [0, 0.05) is 48.4 Å². The van der Waals surface area contributed by atoms with Crippen LogP contribution in [0.2, 0.25) is 0 Å². The fraction of sp³-hybridized carbons (Fsp3) is 0.462. The van der Waals surface area contributed by atoms with Crippen molar-refractivity contribution in [2.45, 2.75) is 63.8 Å². The Bertz CT molecular complexity index is 1100. The molecule has 0 saturated carbocycles. The second kappa shape index (κ2) is 10.2. The smallest absolute Gasteiger partial charge is 0.221 e. The van der Waals surface area contributed by atoms with Crippen molar-refractivity contribution in [1.82, 2.24) is 9.55 Å². The Morgan fingerprint density at radius 2 is 1.82 bits per heavy atom. The van der Waals surface area contributed by atoms with Crippen molar-refractivity contribution >= 4 is 40.3 Å². The van der Waals surface area contributed by atoms with E-state index in [4.69, 9.17) is 9.72 Å². The molecule has 1 fully saturated rings. The van der Waals surface area contributed by atoms with E-state index in [0.717, 1.165) is 66.1 Å². The summed E-state index contributed by atoms with van der Waals surface area (Å²) in [6.07, 6.45) is 3.49. The summed E-state index contributed by atoms with van der Waals surface area (Å²) in [5, 5.41) is 2.79. The number of hydrogen-bond donors (Lipinski definition) is 2. The number of nitrogens with one attached hydrogen (secondary N) is 2. The van der Waals surface area contributed by atoms with Gasteiger partial charge >= 0.3 is 0 Å². The molecule has 2 aromatic carbocycles. The third-order valence-electron chi connectivity index (χ3n) is 5.98. The van der Waals surface area contributed by atoms with Gasteiger partial charge in [-0.3, -0.25) is 4.79 Å². The van der Waals surface area contributed by atoms with Crippen molar-refractivity contribution in [3.05, 3.63) is 48.3 Å². The molecule has 2 N–H and O–H groups in total. The van der Waals surface area contributed by atoms with Gasteiger partial charge in [-0.05, 0) is 79.6 Å². The Morgan fingerprint density at radius 1 is 1.12 bits per heavy atom. The molecule has 1 aliphatic rings. The molecule has 1 aliphatic heterocycles. The number of imidazole rings is 1. The van der Waals surface area contributed by atoms with E-state index in [2.05, 4.69) is 53.6 Å². The lowest BCUT2D eigenvalue weighted by molar-refractivity contribution is -0.114. The van der Waals surface area contributed by atoms with Crippen molar-refractivity contribution in [3.63, 3.8) is 0 Å². The van der Waals surface area contributed by atoms with Gasteiger partial charge < -0.3 is 19.3 Å². The zero-order valence-electron chi connectivity index (χ0n) is 20.0. The van der Waals surface area contributed by atoms with Gasteiger partial charge in [-0.2, -0.15) is 0 Å². The van der Waals surface area contributed by atoms with Gasteiger partial charge in [0.15, 0.2) is 0 Å². The Labute approximate surface area is 200 Å². The van der Waals surface area contributed by atoms with Crippen LogP contribution >= 0.6 is 11.9 Å². The highest BCUT2D eigenvalue weighted by Gasteiger charge is 2.24. The van der Waals surface area contributed by atoms with Crippen LogP contribution in [0.4, 0.5) is 11.4 Å². The second-order valence-electron chi connectivity index (χ2n) is 9.79. The number of fused-ring (bicyclic) bond motifs is 1. The van der Waals surface area contributed by atoms with Crippen molar-refractivity contribution in [2.75, 3.05) is 23.3 Å². The van der Waals surface area contributed by atoms with E-state index < -0.39 is 0 Å². The average molecular weight is 467 g/mol. The van der Waals surface area contributed by atoms with E-state index in [1.165, 1.54) is 18.9 Å². The molecule has 1 aromatic heterocycles. The number of hydrogen-bond acceptors (Lipinski definition) is 5. The number of carbonyl (C=O) groups excluding carboxylic acids is 1. The Balaban J connectivity index is 1.49. The molecular weight excluding hydrogens is 432 g/mol. The number of aromatic nitrogens is 2. The fourth-order valence-corrected chi connectivity index (χ4v) is 4.90. The summed E-state index contributed by atoms with van der Waals surface area (Å²) in [6.45, 7) is 11.0. The largest absolute Gasteiger partial charge is 0.381 e. The van der Waals surface area contributed by atoms with Crippen LogP contribution in [-0.4, -0.2) is 28.7 Å². The number of nitrogens with zero attached hydrogens (tertiary/aromatic N) is 2. The zero-order chi connectivity index (χ0) is 23.4. The summed E-state index contributed by atoms with van der Waals surface area (Å²) >= 11 is 1.55. The molecule has 3 aromatic rings. The maximum Gasteiger partial charge on any atom is 0.221 e. The number of aryl methyl sites for hydroxylation is 1. The molecule has 7 heteroatoms. The van der Waals surface area contributed by atoms with Crippen molar-refractivity contribution < 1.29 is 9.53 Å². The molecule has 2 heterocycles. The SMILES string of the molecule is CC(=O)Nc1ccc(SNc2ccc3c(c2)nc(C(C)(C)C)n3CCC2CCOCC2)cc1. The van der Waals surface area contributed by atoms with Crippen LogP contribution in [-0.2, 0) is 21.5 Å². The standard InChI is InChI=1S/C26H34N4O2S/c1-18(31)27-20-5-8-22(9-6-20)33-29-21-7-10-24-23(17-21)28-25(26(2,3)4)30(24)14-11-19-12-15-32-16-13-19/h5-10,17,19,29H,11-16H2,1-4H3,(H,27,31). The van der Waals surface area contributed by atoms with E-state index in [9.17, 15) is 4.79 Å². The minimum Gasteiger partial charge on any atom is -0.381 e. The molecule has 4 rings (SSSR count). The highest BCUT2D eigenvalue weighted by atomic mass is 32.2. The van der Waals surface area contributed by atoms with Crippen LogP contribution < -0.4 is 10.0 Å². The normalized spacial score (nSPS) is 15.0. The number of rotatable bonds is 7. The molecule has 0 spiro atoms. The molecule has 1 amide bonds. The molecule has 1 saturated heterocycles. The predicted molar refractivity (Wildman–Crippen MR) is 137 cm³/mol. The summed E-state index contributed by atoms with van der Waals surface area (Å²) in [7, 11) is 0. The monoisotopic (exact) mass is 466 g/mol. The van der Waals surface area contributed by atoms with E-state index in [1.807, 2.05) is 24.3 Å². The van der Waals surface area contributed by atoms with E-state index in [1.54, 1.807) is 11.9 Å². The van der Waals surface area contributed by atoms with Crippen molar-refractivity contribution in [1.29, 1.82) is 0 Å². The Morgan fingerprint density at radius 3 is 2.48 bits per heavy atom. The van der Waals surface area contributed by atoms with E-state index in [0.29, 0.717) is 0 Å². The average Bonchev–Trinajstić information content (AvgIpc) is 3.16. The highest BCUT2D eigenvalue weighted by Crippen LogP contribution is 2.31. The molecule has 33 heavy (non-hydrogen) atoms. The fourth-order valence-electron chi connectivity index (χ4n) is 4.27. The molecule has 0 bridgehead atoms. The van der Waals surface area contributed by atoms with Gasteiger partial charge in [-0.1, -0.05) is 20.8 Å². The second-order valence-corrected chi connectivity index (χ2v) is 10.7. The van der Waals surface area contributed by atoms with Crippen LogP contribution in [0.25, 0.3) is 11.0 Å². The lowest BCUT2D eigenvalue weighted by Gasteiger charge is -2.24. The summed E-state index contributed by atoms with van der Waals surface area (Å²) in [5.41, 5.74) is 4.02. The van der Waals surface area contributed by atoms with Gasteiger partial charge in [0.25, 0.3) is 0 Å². The summed E-state index contributed by atoms with van der Waals surface area (Å²) in [5.74, 6) is 1.81. The first-order valence-electron chi connectivity index (χ1n) is 11.7. The molecule has 176 valence electrons. The quantitative estimate of drug-likeness (QED) is 0.404. The van der Waals surface area contributed by atoms with Crippen LogP contribution in [0, 0.1) is 5.92 Å². The third-order valence-corrected chi connectivity index (χ3v) is 6.83. The van der Waals surface area contributed by atoms with Crippen molar-refractivity contribution in [2.24, 2.45) is 5.92 Å². The van der Waals surface area contributed by atoms with Gasteiger partial charge in [-0.25, -0.2) is 4.98 Å². The highest BCUT2D eigenvalue weighted by molar-refractivity contribution is 8.00. The number of benzene rings is 2. The Kier molecular flexibility index (Phi) is 7.29. The number of ether oxygens (including phenoxy) is 1. The van der Waals surface area contributed by atoms with Crippen molar-refractivity contribution in [3.8, 4) is 0 Å². The van der Waals surface area contributed by atoms with Gasteiger partial charge in [0.1, 0.15) is 5.82 Å². The Hall–Kier alpha value is -2.51. The molecule has 6 nitrogen and oxygen atoms in total. The van der Waals surface area contributed by atoms with Crippen LogP contribution in [0.1, 0.15) is 52.8 Å². The molecule has 0 atom stereocenters. The molecule has 0 aliphatic carbocycles. The lowest BCUT2D eigenvalue weighted by atomic mass is 9.94. The van der Waals surface area contributed by atoms with Crippen LogP contribution in [0.3, 0.4) is 0 Å². The first kappa shape index (κ1) is 23.6. The first-order valence-corrected chi connectivity index (χ1v) is 12.5. The van der Waals surface area contributed by atoms with Gasteiger partial charge in [0.05, 0.1) is 11.0 Å². The van der Waals surface area contributed by atoms with E-state index >= 15 is 0 Å². The summed E-state index contributed by atoms with van der Waals surface area (Å²) in [4.78, 5) is 17.3.